The summed E-state index contributed by atoms with van der Waals surface area (Å²) in [5.41, 5.74) is 5.23. The molecular formula is C8H16F3N3O. The highest BCUT2D eigenvalue weighted by Crippen LogP contribution is 2.20. The van der Waals surface area contributed by atoms with E-state index in [9.17, 15) is 13.2 Å². The van der Waals surface area contributed by atoms with Crippen LogP contribution in [0, 0.1) is 0 Å². The number of amidine groups is 1. The van der Waals surface area contributed by atoms with Gasteiger partial charge in [-0.3, -0.25) is 0 Å². The Labute approximate surface area is 86.3 Å². The fourth-order valence-corrected chi connectivity index (χ4v) is 1.06. The van der Waals surface area contributed by atoms with Gasteiger partial charge in [-0.25, -0.2) is 0 Å². The van der Waals surface area contributed by atoms with Crippen molar-refractivity contribution in [1.29, 1.82) is 0 Å². The number of rotatable bonds is 6. The molecule has 0 saturated heterocycles. The fraction of sp³-hybridized carbons (Fsp3) is 0.875. The van der Waals surface area contributed by atoms with Gasteiger partial charge >= 0.3 is 6.18 Å². The van der Waals surface area contributed by atoms with E-state index in [1.807, 2.05) is 0 Å². The lowest BCUT2D eigenvalue weighted by Crippen LogP contribution is -2.32. The number of nitrogens with two attached hydrogens (primary N) is 1. The summed E-state index contributed by atoms with van der Waals surface area (Å²) in [5, 5.41) is 13.9. The third kappa shape index (κ3) is 9.33. The molecule has 0 rings (SSSR count). The number of nitrogens with one attached hydrogen (secondary N) is 1. The predicted octanol–water partition coefficient (Wildman–Crippen LogP) is 1.44. The number of alkyl halides is 3. The van der Waals surface area contributed by atoms with Crippen LogP contribution in [-0.2, 0) is 0 Å². The minimum Gasteiger partial charge on any atom is -0.409 e. The van der Waals surface area contributed by atoms with Crippen LogP contribution in [0.15, 0.2) is 5.16 Å². The number of hydrogen-bond donors (Lipinski definition) is 3. The van der Waals surface area contributed by atoms with Crippen LogP contribution in [0.25, 0.3) is 0 Å². The lowest BCUT2D eigenvalue weighted by Gasteiger charge is -2.13. The van der Waals surface area contributed by atoms with Crippen LogP contribution in [-0.4, -0.2) is 29.8 Å². The minimum absolute atomic E-state index is 0.0318. The molecule has 0 bridgehead atoms. The van der Waals surface area contributed by atoms with Crippen molar-refractivity contribution in [2.75, 3.05) is 6.54 Å². The smallest absolute Gasteiger partial charge is 0.389 e. The monoisotopic (exact) mass is 227 g/mol. The van der Waals surface area contributed by atoms with Crippen LogP contribution in [0.2, 0.25) is 0 Å². The van der Waals surface area contributed by atoms with Crippen LogP contribution < -0.4 is 11.1 Å². The molecule has 0 fully saturated rings. The van der Waals surface area contributed by atoms with Crippen LogP contribution >= 0.6 is 0 Å². The summed E-state index contributed by atoms with van der Waals surface area (Å²) >= 11 is 0. The van der Waals surface area contributed by atoms with E-state index in [2.05, 4.69) is 10.5 Å². The molecule has 4 N–H and O–H groups in total. The molecule has 7 heteroatoms. The molecule has 1 atom stereocenters. The van der Waals surface area contributed by atoms with Gasteiger partial charge in [-0.15, -0.1) is 0 Å². The highest BCUT2D eigenvalue weighted by Gasteiger charge is 2.25. The molecule has 0 aromatic rings. The molecule has 0 heterocycles. The first-order valence-electron chi connectivity index (χ1n) is 4.61. The Balaban J connectivity index is 3.52. The standard InChI is InChI=1S/C8H16F3N3O/c1-6(5-7(12)14-15)13-4-2-3-8(9,10)11/h6,13,15H,2-5H2,1H3,(H2,12,14). The van der Waals surface area contributed by atoms with Crippen LogP contribution in [0.1, 0.15) is 26.2 Å². The Morgan fingerprint density at radius 1 is 1.53 bits per heavy atom. The number of oxime groups is 1. The first kappa shape index (κ1) is 14.0. The van der Waals surface area contributed by atoms with Crippen molar-refractivity contribution in [3.8, 4) is 0 Å². The van der Waals surface area contributed by atoms with Gasteiger partial charge in [0.25, 0.3) is 0 Å². The van der Waals surface area contributed by atoms with Gasteiger partial charge in [0.05, 0.1) is 0 Å². The molecule has 0 spiro atoms. The molecule has 15 heavy (non-hydrogen) atoms. The molecular weight excluding hydrogens is 211 g/mol. The normalized spacial score (nSPS) is 15.3. The van der Waals surface area contributed by atoms with Gasteiger partial charge in [-0.05, 0) is 19.9 Å². The van der Waals surface area contributed by atoms with Crippen LogP contribution in [0.5, 0.6) is 0 Å². The molecule has 0 aliphatic carbocycles. The number of nitrogens with zero attached hydrogens (tertiary/aromatic N) is 1. The van der Waals surface area contributed by atoms with Crippen molar-refractivity contribution in [2.45, 2.75) is 38.4 Å². The Hall–Kier alpha value is -0.980. The van der Waals surface area contributed by atoms with Crippen molar-refractivity contribution in [1.82, 2.24) is 5.32 Å². The van der Waals surface area contributed by atoms with E-state index in [4.69, 9.17) is 10.9 Å². The minimum atomic E-state index is -4.10. The van der Waals surface area contributed by atoms with E-state index in [0.717, 1.165) is 0 Å². The van der Waals surface area contributed by atoms with Gasteiger partial charge in [0.2, 0.25) is 0 Å². The molecule has 90 valence electrons. The maximum absolute atomic E-state index is 11.7. The van der Waals surface area contributed by atoms with Gasteiger partial charge in [-0.1, -0.05) is 5.16 Å². The summed E-state index contributed by atoms with van der Waals surface area (Å²) in [4.78, 5) is 0. The zero-order valence-electron chi connectivity index (χ0n) is 8.51. The predicted molar refractivity (Wildman–Crippen MR) is 50.8 cm³/mol. The topological polar surface area (TPSA) is 70.6 Å². The van der Waals surface area contributed by atoms with Gasteiger partial charge < -0.3 is 16.3 Å². The lowest BCUT2D eigenvalue weighted by atomic mass is 10.2. The van der Waals surface area contributed by atoms with Crippen molar-refractivity contribution in [3.63, 3.8) is 0 Å². The molecule has 0 aliphatic heterocycles. The first-order valence-corrected chi connectivity index (χ1v) is 4.61. The summed E-state index contributed by atoms with van der Waals surface area (Å²) < 4.78 is 35.2. The van der Waals surface area contributed by atoms with Gasteiger partial charge in [-0.2, -0.15) is 13.2 Å². The third-order valence-electron chi connectivity index (χ3n) is 1.77. The quantitative estimate of drug-likeness (QED) is 0.211. The fourth-order valence-electron chi connectivity index (χ4n) is 1.06. The van der Waals surface area contributed by atoms with E-state index < -0.39 is 12.6 Å². The molecule has 0 saturated carbocycles. The second kappa shape index (κ2) is 6.49. The van der Waals surface area contributed by atoms with Crippen molar-refractivity contribution >= 4 is 5.84 Å². The van der Waals surface area contributed by atoms with E-state index in [0.29, 0.717) is 6.42 Å². The summed E-state index contributed by atoms with van der Waals surface area (Å²) in [6.07, 6.45) is -4.56. The van der Waals surface area contributed by atoms with Crippen molar-refractivity contribution in [3.05, 3.63) is 0 Å². The molecule has 0 aromatic heterocycles. The van der Waals surface area contributed by atoms with Gasteiger partial charge in [0, 0.05) is 18.9 Å². The van der Waals surface area contributed by atoms with Crippen LogP contribution in [0.3, 0.4) is 0 Å². The number of halogens is 3. The van der Waals surface area contributed by atoms with E-state index in [1.165, 1.54) is 0 Å². The third-order valence-corrected chi connectivity index (χ3v) is 1.77. The first-order chi connectivity index (χ1) is 6.85. The van der Waals surface area contributed by atoms with Crippen molar-refractivity contribution in [2.24, 2.45) is 10.9 Å². The SMILES string of the molecule is CC(CC(N)=NO)NCCCC(F)(F)F. The molecule has 1 unspecified atom stereocenters. The average molecular weight is 227 g/mol. The summed E-state index contributed by atoms with van der Waals surface area (Å²) in [5.74, 6) is 0.0609. The molecule has 0 aromatic carbocycles. The van der Waals surface area contributed by atoms with E-state index in [-0.39, 0.29) is 24.8 Å². The summed E-state index contributed by atoms with van der Waals surface area (Å²) in [6.45, 7) is 2.02. The maximum atomic E-state index is 11.7. The maximum Gasteiger partial charge on any atom is 0.389 e. The Bertz CT molecular complexity index is 206. The molecule has 0 radical (unpaired) electrons. The Morgan fingerprint density at radius 2 is 2.13 bits per heavy atom. The van der Waals surface area contributed by atoms with E-state index >= 15 is 0 Å². The Kier molecular flexibility index (Phi) is 6.07. The van der Waals surface area contributed by atoms with Gasteiger partial charge in [0.1, 0.15) is 5.84 Å². The lowest BCUT2D eigenvalue weighted by molar-refractivity contribution is -0.135. The van der Waals surface area contributed by atoms with Crippen LogP contribution in [0.4, 0.5) is 13.2 Å². The molecule has 4 nitrogen and oxygen atoms in total. The Morgan fingerprint density at radius 3 is 2.60 bits per heavy atom. The highest BCUT2D eigenvalue weighted by atomic mass is 19.4. The zero-order valence-corrected chi connectivity index (χ0v) is 8.51. The largest absolute Gasteiger partial charge is 0.409 e. The van der Waals surface area contributed by atoms with E-state index in [1.54, 1.807) is 6.92 Å². The molecule has 0 amide bonds. The summed E-state index contributed by atoms with van der Waals surface area (Å²) in [7, 11) is 0. The van der Waals surface area contributed by atoms with Gasteiger partial charge in [0.15, 0.2) is 0 Å². The van der Waals surface area contributed by atoms with Crippen molar-refractivity contribution < 1.29 is 18.4 Å². The second-order valence-electron chi connectivity index (χ2n) is 3.37. The highest BCUT2D eigenvalue weighted by molar-refractivity contribution is 5.80. The molecule has 0 aliphatic rings. The zero-order chi connectivity index (χ0) is 11.9. The number of hydrogen-bond acceptors (Lipinski definition) is 3. The average Bonchev–Trinajstić information content (AvgIpc) is 2.11. The second-order valence-corrected chi connectivity index (χ2v) is 3.37. The summed E-state index contributed by atoms with van der Waals surface area (Å²) in [6, 6.07) is -0.103.